The van der Waals surface area contributed by atoms with Gasteiger partial charge in [-0.2, -0.15) is 0 Å². The topological polar surface area (TPSA) is 24.5 Å². The van der Waals surface area contributed by atoms with Gasteiger partial charge in [0.2, 0.25) is 0 Å². The van der Waals surface area contributed by atoms with Crippen molar-refractivity contribution < 1.29 is 4.74 Å². The predicted molar refractivity (Wildman–Crippen MR) is 75.8 cm³/mol. The molecular formula is C15H30N2O. The van der Waals surface area contributed by atoms with Crippen molar-refractivity contribution >= 4 is 0 Å². The number of hydrogen-bond acceptors (Lipinski definition) is 3. The van der Waals surface area contributed by atoms with Crippen LogP contribution in [0.2, 0.25) is 0 Å². The normalized spacial score (nSPS) is 28.2. The molecule has 2 aliphatic carbocycles. The minimum atomic E-state index is 0.768. The molecule has 0 saturated heterocycles. The largest absolute Gasteiger partial charge is 0.380 e. The lowest BCUT2D eigenvalue weighted by molar-refractivity contribution is 0.101. The SMILES string of the molecule is CNC1CCCC1CCN(C)CCOCC1CC1. The van der Waals surface area contributed by atoms with E-state index >= 15 is 0 Å². The van der Waals surface area contributed by atoms with Gasteiger partial charge in [-0.05, 0) is 64.6 Å². The summed E-state index contributed by atoms with van der Waals surface area (Å²) in [6.07, 6.45) is 8.31. The molecule has 18 heavy (non-hydrogen) atoms. The van der Waals surface area contributed by atoms with E-state index in [0.717, 1.165) is 37.6 Å². The van der Waals surface area contributed by atoms with Gasteiger partial charge in [-0.25, -0.2) is 0 Å². The molecule has 1 N–H and O–H groups in total. The Morgan fingerprint density at radius 1 is 1.17 bits per heavy atom. The summed E-state index contributed by atoms with van der Waals surface area (Å²) in [6, 6.07) is 0.768. The van der Waals surface area contributed by atoms with Gasteiger partial charge in [0.05, 0.1) is 6.61 Å². The number of hydrogen-bond donors (Lipinski definition) is 1. The molecule has 2 fully saturated rings. The average molecular weight is 254 g/mol. The molecule has 0 aromatic rings. The van der Waals surface area contributed by atoms with Gasteiger partial charge in [-0.15, -0.1) is 0 Å². The van der Waals surface area contributed by atoms with Gasteiger partial charge in [0, 0.05) is 19.2 Å². The molecule has 0 aromatic heterocycles. The number of nitrogens with zero attached hydrogens (tertiary/aromatic N) is 1. The first-order valence-corrected chi connectivity index (χ1v) is 7.73. The van der Waals surface area contributed by atoms with Crippen LogP contribution in [0.3, 0.4) is 0 Å². The van der Waals surface area contributed by atoms with Crippen LogP contribution in [0.25, 0.3) is 0 Å². The predicted octanol–water partition coefficient (Wildman–Crippen LogP) is 2.12. The zero-order valence-corrected chi connectivity index (χ0v) is 12.2. The highest BCUT2D eigenvalue weighted by Gasteiger charge is 2.25. The smallest absolute Gasteiger partial charge is 0.0593 e. The van der Waals surface area contributed by atoms with Crippen LogP contribution < -0.4 is 5.32 Å². The Labute approximate surface area is 112 Å². The highest BCUT2D eigenvalue weighted by molar-refractivity contribution is 4.82. The van der Waals surface area contributed by atoms with Crippen LogP contribution in [0, 0.1) is 11.8 Å². The summed E-state index contributed by atoms with van der Waals surface area (Å²) < 4.78 is 5.69. The molecule has 0 radical (unpaired) electrons. The Kier molecular flexibility index (Phi) is 5.93. The highest BCUT2D eigenvalue weighted by Crippen LogP contribution is 2.29. The van der Waals surface area contributed by atoms with E-state index in [4.69, 9.17) is 4.74 Å². The fourth-order valence-electron chi connectivity index (χ4n) is 3.02. The van der Waals surface area contributed by atoms with Crippen molar-refractivity contribution in [1.29, 1.82) is 0 Å². The summed E-state index contributed by atoms with van der Waals surface area (Å²) in [5.74, 6) is 1.79. The van der Waals surface area contributed by atoms with E-state index in [1.807, 2.05) is 0 Å². The molecule has 0 aromatic carbocycles. The lowest BCUT2D eigenvalue weighted by Gasteiger charge is -2.22. The molecule has 106 valence electrons. The molecule has 3 nitrogen and oxygen atoms in total. The first kappa shape index (κ1) is 14.3. The van der Waals surface area contributed by atoms with Crippen molar-refractivity contribution in [2.75, 3.05) is 40.4 Å². The van der Waals surface area contributed by atoms with Crippen LogP contribution in [0.5, 0.6) is 0 Å². The lowest BCUT2D eigenvalue weighted by Crippen LogP contribution is -2.32. The standard InChI is InChI=1S/C15H30N2O/c1-16-15-5-3-4-14(15)8-9-17(2)10-11-18-12-13-6-7-13/h13-16H,3-12H2,1-2H3. The molecule has 0 spiro atoms. The van der Waals surface area contributed by atoms with Gasteiger partial charge < -0.3 is 15.0 Å². The van der Waals surface area contributed by atoms with E-state index in [1.54, 1.807) is 0 Å². The van der Waals surface area contributed by atoms with Gasteiger partial charge in [0.1, 0.15) is 0 Å². The number of rotatable bonds is 9. The Morgan fingerprint density at radius 3 is 2.72 bits per heavy atom. The summed E-state index contributed by atoms with van der Waals surface area (Å²) in [5, 5.41) is 3.47. The molecular weight excluding hydrogens is 224 g/mol. The summed E-state index contributed by atoms with van der Waals surface area (Å²) in [7, 11) is 4.34. The maximum atomic E-state index is 5.69. The van der Waals surface area contributed by atoms with Crippen LogP contribution in [0.15, 0.2) is 0 Å². The van der Waals surface area contributed by atoms with Crippen molar-refractivity contribution in [1.82, 2.24) is 10.2 Å². The minimum Gasteiger partial charge on any atom is -0.380 e. The quantitative estimate of drug-likeness (QED) is 0.638. The molecule has 2 rings (SSSR count). The van der Waals surface area contributed by atoms with Crippen molar-refractivity contribution in [2.45, 2.75) is 44.6 Å². The maximum Gasteiger partial charge on any atom is 0.0593 e. The molecule has 3 heteroatoms. The van der Waals surface area contributed by atoms with Crippen LogP contribution in [0.1, 0.15) is 38.5 Å². The Bertz CT molecular complexity index is 231. The third-order valence-corrected chi connectivity index (χ3v) is 4.58. The van der Waals surface area contributed by atoms with E-state index in [2.05, 4.69) is 24.3 Å². The van der Waals surface area contributed by atoms with Crippen LogP contribution >= 0.6 is 0 Å². The highest BCUT2D eigenvalue weighted by atomic mass is 16.5. The molecule has 2 saturated carbocycles. The zero-order chi connectivity index (χ0) is 12.8. The fraction of sp³-hybridized carbons (Fsp3) is 1.00. The molecule has 0 heterocycles. The number of ether oxygens (including phenoxy) is 1. The minimum absolute atomic E-state index is 0.768. The summed E-state index contributed by atoms with van der Waals surface area (Å²) >= 11 is 0. The number of nitrogens with one attached hydrogen (secondary N) is 1. The van der Waals surface area contributed by atoms with E-state index < -0.39 is 0 Å². The molecule has 2 unspecified atom stereocenters. The van der Waals surface area contributed by atoms with Crippen LogP contribution in [0.4, 0.5) is 0 Å². The second kappa shape index (κ2) is 7.46. The van der Waals surface area contributed by atoms with Crippen LogP contribution in [-0.4, -0.2) is 51.3 Å². The van der Waals surface area contributed by atoms with Gasteiger partial charge in [0.25, 0.3) is 0 Å². The fourth-order valence-corrected chi connectivity index (χ4v) is 3.02. The molecule has 0 aliphatic heterocycles. The Hall–Kier alpha value is -0.120. The van der Waals surface area contributed by atoms with Gasteiger partial charge in [-0.3, -0.25) is 0 Å². The van der Waals surface area contributed by atoms with E-state index in [9.17, 15) is 0 Å². The second-order valence-corrected chi connectivity index (χ2v) is 6.20. The van der Waals surface area contributed by atoms with E-state index in [-0.39, 0.29) is 0 Å². The molecule has 0 bridgehead atoms. The maximum absolute atomic E-state index is 5.69. The molecule has 2 atom stereocenters. The molecule has 0 amide bonds. The van der Waals surface area contributed by atoms with Crippen molar-refractivity contribution in [3.05, 3.63) is 0 Å². The monoisotopic (exact) mass is 254 g/mol. The van der Waals surface area contributed by atoms with Crippen LogP contribution in [-0.2, 0) is 4.74 Å². The van der Waals surface area contributed by atoms with E-state index in [0.29, 0.717) is 0 Å². The Morgan fingerprint density at radius 2 is 2.00 bits per heavy atom. The number of likely N-dealkylation sites (N-methyl/N-ethyl adjacent to an activating group) is 1. The first-order chi connectivity index (χ1) is 8.79. The summed E-state index contributed by atoms with van der Waals surface area (Å²) in [6.45, 7) is 4.21. The van der Waals surface area contributed by atoms with Gasteiger partial charge in [0.15, 0.2) is 0 Å². The van der Waals surface area contributed by atoms with Crippen molar-refractivity contribution in [3.8, 4) is 0 Å². The third kappa shape index (κ3) is 4.87. The zero-order valence-electron chi connectivity index (χ0n) is 12.2. The Balaban J connectivity index is 1.49. The molecule has 2 aliphatic rings. The third-order valence-electron chi connectivity index (χ3n) is 4.58. The lowest BCUT2D eigenvalue weighted by atomic mass is 9.99. The average Bonchev–Trinajstić information content (AvgIpc) is 3.09. The summed E-state index contributed by atoms with van der Waals surface area (Å²) in [5.41, 5.74) is 0. The van der Waals surface area contributed by atoms with Gasteiger partial charge in [-0.1, -0.05) is 6.42 Å². The van der Waals surface area contributed by atoms with Gasteiger partial charge >= 0.3 is 0 Å². The van der Waals surface area contributed by atoms with E-state index in [1.165, 1.54) is 45.1 Å². The van der Waals surface area contributed by atoms with Crippen molar-refractivity contribution in [3.63, 3.8) is 0 Å². The second-order valence-electron chi connectivity index (χ2n) is 6.20. The first-order valence-electron chi connectivity index (χ1n) is 7.73. The van der Waals surface area contributed by atoms with Crippen molar-refractivity contribution in [2.24, 2.45) is 11.8 Å². The summed E-state index contributed by atoms with van der Waals surface area (Å²) in [4.78, 5) is 2.43.